The van der Waals surface area contributed by atoms with E-state index in [1.165, 1.54) is 5.57 Å². The summed E-state index contributed by atoms with van der Waals surface area (Å²) in [7, 11) is 0. The van der Waals surface area contributed by atoms with Crippen molar-refractivity contribution in [2.45, 2.75) is 27.7 Å². The molecule has 2 aromatic rings. The van der Waals surface area contributed by atoms with Crippen LogP contribution in [0.4, 0.5) is 0 Å². The molecule has 2 atom stereocenters. The fraction of sp³-hybridized carbons (Fsp3) is 0.350. The maximum absolute atomic E-state index is 12.4. The molecule has 2 amide bonds. The van der Waals surface area contributed by atoms with E-state index < -0.39 is 5.91 Å². The molecule has 0 aliphatic heterocycles. The average Bonchev–Trinajstić information content (AvgIpc) is 3.11. The van der Waals surface area contributed by atoms with Gasteiger partial charge in [-0.05, 0) is 37.3 Å². The molecule has 2 unspecified atom stereocenters. The Kier molecular flexibility index (Phi) is 4.33. The molecule has 1 aliphatic carbocycles. The molecule has 130 valence electrons. The van der Waals surface area contributed by atoms with E-state index in [4.69, 9.17) is 0 Å². The summed E-state index contributed by atoms with van der Waals surface area (Å²) in [5.41, 5.74) is 7.14. The van der Waals surface area contributed by atoms with Crippen LogP contribution in [-0.2, 0) is 4.79 Å². The summed E-state index contributed by atoms with van der Waals surface area (Å²) in [5.74, 6) is -0.515. The van der Waals surface area contributed by atoms with Crippen molar-refractivity contribution in [1.29, 1.82) is 0 Å². The topological polar surface area (TPSA) is 71.1 Å². The van der Waals surface area contributed by atoms with Gasteiger partial charge in [0, 0.05) is 5.39 Å². The Morgan fingerprint density at radius 3 is 2.52 bits per heavy atom. The average molecular weight is 337 g/mol. The van der Waals surface area contributed by atoms with Gasteiger partial charge < -0.3 is 0 Å². The number of fused-ring (bicyclic) bond motifs is 1. The van der Waals surface area contributed by atoms with Crippen molar-refractivity contribution in [1.82, 2.24) is 15.8 Å². The van der Waals surface area contributed by atoms with Gasteiger partial charge >= 0.3 is 0 Å². The number of para-hydroxylation sites is 1. The number of nitrogens with one attached hydrogen (secondary N) is 2. The van der Waals surface area contributed by atoms with Crippen molar-refractivity contribution in [2.24, 2.45) is 17.3 Å². The standard InChI is InChI=1S/C20H23N3O2/c1-12(2)11-14-17(20(14,3)4)19(25)23-22-18(24)16-10-9-13-7-5-6-8-15(13)21-16/h5-11,14,17H,1-4H3,(H,22,24)(H,23,25). The molecule has 0 spiro atoms. The molecule has 1 aromatic heterocycles. The number of carbonyl (C=O) groups excluding carboxylic acids is 2. The second-order valence-electron chi connectivity index (χ2n) is 7.40. The molecule has 2 N–H and O–H groups in total. The molecule has 5 nitrogen and oxygen atoms in total. The molecule has 0 radical (unpaired) electrons. The first-order chi connectivity index (χ1) is 11.8. The van der Waals surface area contributed by atoms with Gasteiger partial charge in [0.05, 0.1) is 11.4 Å². The highest BCUT2D eigenvalue weighted by molar-refractivity contribution is 5.96. The number of carbonyl (C=O) groups is 2. The minimum atomic E-state index is -0.420. The number of allylic oxidation sites excluding steroid dienone is 2. The van der Waals surface area contributed by atoms with E-state index in [0.717, 1.165) is 10.9 Å². The zero-order chi connectivity index (χ0) is 18.2. The SMILES string of the molecule is CC(C)=CC1C(C(=O)NNC(=O)c2ccc3ccccc3n2)C1(C)C. The number of rotatable bonds is 3. The van der Waals surface area contributed by atoms with Crippen molar-refractivity contribution in [2.75, 3.05) is 0 Å². The molecule has 0 saturated heterocycles. The molecule has 5 heteroatoms. The predicted molar refractivity (Wildman–Crippen MR) is 97.5 cm³/mol. The van der Waals surface area contributed by atoms with Crippen molar-refractivity contribution in [3.63, 3.8) is 0 Å². The number of hydrogen-bond donors (Lipinski definition) is 2. The number of nitrogens with zero attached hydrogens (tertiary/aromatic N) is 1. The minimum Gasteiger partial charge on any atom is -0.273 e. The summed E-state index contributed by atoms with van der Waals surface area (Å²) in [6.45, 7) is 8.18. The maximum Gasteiger partial charge on any atom is 0.288 e. The van der Waals surface area contributed by atoms with Crippen molar-refractivity contribution < 1.29 is 9.59 Å². The number of hydrogen-bond acceptors (Lipinski definition) is 3. The zero-order valence-electron chi connectivity index (χ0n) is 15.0. The van der Waals surface area contributed by atoms with Gasteiger partial charge in [-0.15, -0.1) is 0 Å². The van der Waals surface area contributed by atoms with Crippen molar-refractivity contribution in [3.05, 3.63) is 53.7 Å². The van der Waals surface area contributed by atoms with E-state index in [0.29, 0.717) is 0 Å². The lowest BCUT2D eigenvalue weighted by Crippen LogP contribution is -2.43. The fourth-order valence-corrected chi connectivity index (χ4v) is 3.30. The summed E-state index contributed by atoms with van der Waals surface area (Å²) in [6.07, 6.45) is 2.12. The second-order valence-corrected chi connectivity index (χ2v) is 7.40. The first-order valence-electron chi connectivity index (χ1n) is 8.41. The van der Waals surface area contributed by atoms with Gasteiger partial charge in [-0.1, -0.05) is 49.8 Å². The third-order valence-corrected chi connectivity index (χ3v) is 4.84. The zero-order valence-corrected chi connectivity index (χ0v) is 15.0. The number of pyridine rings is 1. The van der Waals surface area contributed by atoms with E-state index in [1.807, 2.05) is 44.2 Å². The Hall–Kier alpha value is -2.69. The molecule has 0 bridgehead atoms. The molecule has 1 aliphatic rings. The maximum atomic E-state index is 12.4. The van der Waals surface area contributed by atoms with E-state index in [9.17, 15) is 9.59 Å². The summed E-state index contributed by atoms with van der Waals surface area (Å²) in [6, 6.07) is 11.1. The smallest absolute Gasteiger partial charge is 0.273 e. The second kappa shape index (κ2) is 6.31. The summed E-state index contributed by atoms with van der Waals surface area (Å²) in [5, 5.41) is 0.965. The normalized spacial score (nSPS) is 20.6. The van der Waals surface area contributed by atoms with Crippen LogP contribution in [0.15, 0.2) is 48.0 Å². The first-order valence-corrected chi connectivity index (χ1v) is 8.41. The third kappa shape index (κ3) is 3.40. The minimum absolute atomic E-state index is 0.0900. The van der Waals surface area contributed by atoms with Gasteiger partial charge in [-0.25, -0.2) is 4.98 Å². The summed E-state index contributed by atoms with van der Waals surface area (Å²) in [4.78, 5) is 29.0. The first kappa shape index (κ1) is 17.1. The quantitative estimate of drug-likeness (QED) is 0.667. The molecular formula is C20H23N3O2. The van der Waals surface area contributed by atoms with Crippen molar-refractivity contribution in [3.8, 4) is 0 Å². The van der Waals surface area contributed by atoms with Gasteiger partial charge in [0.15, 0.2) is 0 Å². The van der Waals surface area contributed by atoms with Gasteiger partial charge in [-0.2, -0.15) is 0 Å². The number of aromatic nitrogens is 1. The molecule has 1 heterocycles. The molecule has 1 saturated carbocycles. The van der Waals surface area contributed by atoms with Crippen LogP contribution in [0.3, 0.4) is 0 Å². The monoisotopic (exact) mass is 337 g/mol. The summed E-state index contributed by atoms with van der Waals surface area (Å²) < 4.78 is 0. The number of amides is 2. The highest BCUT2D eigenvalue weighted by atomic mass is 16.2. The van der Waals surface area contributed by atoms with Gasteiger partial charge in [-0.3, -0.25) is 20.4 Å². The Morgan fingerprint density at radius 2 is 1.80 bits per heavy atom. The highest BCUT2D eigenvalue weighted by Crippen LogP contribution is 2.59. The van der Waals surface area contributed by atoms with Crippen LogP contribution in [-0.4, -0.2) is 16.8 Å². The Morgan fingerprint density at radius 1 is 1.08 bits per heavy atom. The van der Waals surface area contributed by atoms with E-state index in [2.05, 4.69) is 35.8 Å². The van der Waals surface area contributed by atoms with Gasteiger partial charge in [0.2, 0.25) is 5.91 Å². The van der Waals surface area contributed by atoms with E-state index in [-0.39, 0.29) is 28.9 Å². The Balaban J connectivity index is 1.64. The fourth-order valence-electron chi connectivity index (χ4n) is 3.30. The third-order valence-electron chi connectivity index (χ3n) is 4.84. The van der Waals surface area contributed by atoms with E-state index in [1.54, 1.807) is 6.07 Å². The molecule has 1 aromatic carbocycles. The van der Waals surface area contributed by atoms with Crippen LogP contribution in [0.1, 0.15) is 38.2 Å². The molecule has 1 fully saturated rings. The van der Waals surface area contributed by atoms with Crippen LogP contribution < -0.4 is 10.9 Å². The van der Waals surface area contributed by atoms with Gasteiger partial charge in [0.25, 0.3) is 5.91 Å². The van der Waals surface area contributed by atoms with Crippen LogP contribution in [0.5, 0.6) is 0 Å². The van der Waals surface area contributed by atoms with Crippen molar-refractivity contribution >= 4 is 22.7 Å². The Bertz CT molecular complexity index is 866. The Labute approximate surface area is 147 Å². The predicted octanol–water partition coefficient (Wildman–Crippen LogP) is 3.23. The van der Waals surface area contributed by atoms with Crippen LogP contribution in [0.2, 0.25) is 0 Å². The van der Waals surface area contributed by atoms with Crippen LogP contribution in [0, 0.1) is 17.3 Å². The highest BCUT2D eigenvalue weighted by Gasteiger charge is 2.60. The lowest BCUT2D eigenvalue weighted by atomic mass is 10.1. The van der Waals surface area contributed by atoms with Crippen LogP contribution >= 0.6 is 0 Å². The number of benzene rings is 1. The molecular weight excluding hydrogens is 314 g/mol. The summed E-state index contributed by atoms with van der Waals surface area (Å²) >= 11 is 0. The van der Waals surface area contributed by atoms with Gasteiger partial charge in [0.1, 0.15) is 5.69 Å². The number of hydrazine groups is 1. The molecule has 25 heavy (non-hydrogen) atoms. The molecule has 3 rings (SSSR count). The van der Waals surface area contributed by atoms with E-state index >= 15 is 0 Å². The lowest BCUT2D eigenvalue weighted by Gasteiger charge is -2.08. The lowest BCUT2D eigenvalue weighted by molar-refractivity contribution is -0.123. The largest absolute Gasteiger partial charge is 0.288 e. The van der Waals surface area contributed by atoms with Crippen LogP contribution in [0.25, 0.3) is 10.9 Å².